The van der Waals surface area contributed by atoms with Gasteiger partial charge in [0.2, 0.25) is 0 Å². The molecule has 0 heterocycles. The topological polar surface area (TPSA) is 17.1 Å². The largest absolute Gasteiger partial charge is 0.298 e. The van der Waals surface area contributed by atoms with Crippen LogP contribution in [0.5, 0.6) is 0 Å². The summed E-state index contributed by atoms with van der Waals surface area (Å²) in [6, 6.07) is 14.1. The number of halogens is 1. The molecule has 17 heavy (non-hydrogen) atoms. The Kier molecular flexibility index (Phi) is 3.75. The molecule has 2 rings (SSSR count). The Morgan fingerprint density at radius 3 is 2.65 bits per heavy atom. The van der Waals surface area contributed by atoms with E-state index in [2.05, 4.69) is 28.1 Å². The van der Waals surface area contributed by atoms with Crippen molar-refractivity contribution in [1.29, 1.82) is 0 Å². The molecule has 0 radical (unpaired) electrons. The van der Waals surface area contributed by atoms with Gasteiger partial charge in [-0.15, -0.1) is 0 Å². The number of carbonyl (C=O) groups excluding carboxylic acids is 1. The predicted octanol–water partition coefficient (Wildman–Crippen LogP) is 4.16. The van der Waals surface area contributed by atoms with Gasteiger partial charge < -0.3 is 0 Å². The molecule has 86 valence electrons. The van der Waals surface area contributed by atoms with E-state index in [-0.39, 0.29) is 0 Å². The highest BCUT2D eigenvalue weighted by atomic mass is 79.9. The average Bonchev–Trinajstić information content (AvgIpc) is 2.32. The highest BCUT2D eigenvalue weighted by molar-refractivity contribution is 9.10. The van der Waals surface area contributed by atoms with Crippen molar-refractivity contribution in [1.82, 2.24) is 0 Å². The normalized spacial score (nSPS) is 10.2. The van der Waals surface area contributed by atoms with Gasteiger partial charge in [-0.2, -0.15) is 0 Å². The molecule has 0 bridgehead atoms. The van der Waals surface area contributed by atoms with Crippen molar-refractivity contribution in [3.05, 3.63) is 69.2 Å². The molecular formula is C15H13BrO. The van der Waals surface area contributed by atoms with Crippen molar-refractivity contribution < 1.29 is 4.79 Å². The van der Waals surface area contributed by atoms with Gasteiger partial charge in [0.05, 0.1) is 0 Å². The number of aldehydes is 1. The summed E-state index contributed by atoms with van der Waals surface area (Å²) in [5, 5.41) is 0. The lowest BCUT2D eigenvalue weighted by molar-refractivity contribution is 0.112. The van der Waals surface area contributed by atoms with E-state index < -0.39 is 0 Å². The van der Waals surface area contributed by atoms with Crippen LogP contribution in [0, 0.1) is 6.92 Å². The molecule has 0 fully saturated rings. The molecule has 0 aliphatic rings. The van der Waals surface area contributed by atoms with Crippen LogP contribution in [0.1, 0.15) is 27.0 Å². The summed E-state index contributed by atoms with van der Waals surface area (Å²) in [7, 11) is 0. The molecule has 0 spiro atoms. The minimum atomic E-state index is 0.737. The van der Waals surface area contributed by atoms with Crippen LogP contribution in [-0.2, 0) is 6.42 Å². The maximum Gasteiger partial charge on any atom is 0.150 e. The van der Waals surface area contributed by atoms with Crippen LogP contribution in [0.25, 0.3) is 0 Å². The number of aryl methyl sites for hydroxylation is 1. The highest BCUT2D eigenvalue weighted by Gasteiger charge is 2.02. The SMILES string of the molecule is Cc1cc(C=O)ccc1Cc1cccc(Br)c1. The van der Waals surface area contributed by atoms with Crippen LogP contribution in [-0.4, -0.2) is 6.29 Å². The molecule has 0 aromatic heterocycles. The van der Waals surface area contributed by atoms with Gasteiger partial charge in [-0.05, 0) is 48.2 Å². The van der Waals surface area contributed by atoms with Crippen molar-refractivity contribution in [3.8, 4) is 0 Å². The summed E-state index contributed by atoms with van der Waals surface area (Å²) in [6.45, 7) is 2.04. The first kappa shape index (κ1) is 12.1. The fourth-order valence-electron chi connectivity index (χ4n) is 1.86. The molecule has 2 aromatic carbocycles. The van der Waals surface area contributed by atoms with Crippen molar-refractivity contribution in [2.75, 3.05) is 0 Å². The summed E-state index contributed by atoms with van der Waals surface area (Å²) in [6.07, 6.45) is 1.78. The fourth-order valence-corrected chi connectivity index (χ4v) is 2.30. The highest BCUT2D eigenvalue weighted by Crippen LogP contribution is 2.18. The van der Waals surface area contributed by atoms with Crippen molar-refractivity contribution in [2.45, 2.75) is 13.3 Å². The molecule has 0 aliphatic heterocycles. The van der Waals surface area contributed by atoms with E-state index in [0.29, 0.717) is 0 Å². The minimum absolute atomic E-state index is 0.737. The Morgan fingerprint density at radius 2 is 2.00 bits per heavy atom. The van der Waals surface area contributed by atoms with Crippen LogP contribution >= 0.6 is 15.9 Å². The van der Waals surface area contributed by atoms with Crippen LogP contribution in [0.15, 0.2) is 46.9 Å². The lowest BCUT2D eigenvalue weighted by atomic mass is 9.99. The Bertz CT molecular complexity index is 546. The number of benzene rings is 2. The summed E-state index contributed by atoms with van der Waals surface area (Å²) in [4.78, 5) is 10.7. The van der Waals surface area contributed by atoms with Gasteiger partial charge >= 0.3 is 0 Å². The minimum Gasteiger partial charge on any atom is -0.298 e. The second-order valence-electron chi connectivity index (χ2n) is 4.11. The molecular weight excluding hydrogens is 276 g/mol. The Morgan fingerprint density at radius 1 is 1.18 bits per heavy atom. The predicted molar refractivity (Wildman–Crippen MR) is 73.5 cm³/mol. The first-order chi connectivity index (χ1) is 8.19. The second kappa shape index (κ2) is 5.28. The van der Waals surface area contributed by atoms with Crippen molar-refractivity contribution >= 4 is 22.2 Å². The molecule has 0 amide bonds. The second-order valence-corrected chi connectivity index (χ2v) is 5.03. The maximum atomic E-state index is 10.7. The van der Waals surface area contributed by atoms with Gasteiger partial charge in [0.1, 0.15) is 6.29 Å². The zero-order valence-corrected chi connectivity index (χ0v) is 11.2. The van der Waals surface area contributed by atoms with Gasteiger partial charge in [0.25, 0.3) is 0 Å². The first-order valence-electron chi connectivity index (χ1n) is 5.48. The molecule has 2 aromatic rings. The van der Waals surface area contributed by atoms with Gasteiger partial charge in [-0.25, -0.2) is 0 Å². The molecule has 0 N–H and O–H groups in total. The molecule has 0 saturated heterocycles. The lowest BCUT2D eigenvalue weighted by Crippen LogP contribution is -1.93. The summed E-state index contributed by atoms with van der Waals surface area (Å²) in [5.74, 6) is 0. The van der Waals surface area contributed by atoms with Crippen LogP contribution < -0.4 is 0 Å². The average molecular weight is 289 g/mol. The summed E-state index contributed by atoms with van der Waals surface area (Å²) < 4.78 is 1.09. The third-order valence-electron chi connectivity index (χ3n) is 2.79. The number of hydrogen-bond donors (Lipinski definition) is 0. The molecule has 0 atom stereocenters. The Balaban J connectivity index is 2.27. The fraction of sp³-hybridized carbons (Fsp3) is 0.133. The molecule has 2 heteroatoms. The third kappa shape index (κ3) is 3.04. The summed E-state index contributed by atoms with van der Waals surface area (Å²) in [5.41, 5.74) is 4.42. The van der Waals surface area contributed by atoms with Crippen LogP contribution in [0.4, 0.5) is 0 Å². The van der Waals surface area contributed by atoms with Gasteiger partial charge in [-0.1, -0.05) is 40.2 Å². The van der Waals surface area contributed by atoms with E-state index in [1.807, 2.05) is 37.3 Å². The first-order valence-corrected chi connectivity index (χ1v) is 6.27. The quantitative estimate of drug-likeness (QED) is 0.775. The van der Waals surface area contributed by atoms with Gasteiger partial charge in [0.15, 0.2) is 0 Å². The van der Waals surface area contributed by atoms with Crippen LogP contribution in [0.3, 0.4) is 0 Å². The summed E-state index contributed by atoms with van der Waals surface area (Å²) >= 11 is 3.47. The van der Waals surface area contributed by atoms with Crippen molar-refractivity contribution in [3.63, 3.8) is 0 Å². The van der Waals surface area contributed by atoms with Gasteiger partial charge in [0, 0.05) is 10.0 Å². The molecule has 1 nitrogen and oxygen atoms in total. The maximum absolute atomic E-state index is 10.7. The molecule has 0 saturated carbocycles. The third-order valence-corrected chi connectivity index (χ3v) is 3.28. The Hall–Kier alpha value is -1.41. The van der Waals surface area contributed by atoms with E-state index in [1.165, 1.54) is 11.1 Å². The standard InChI is InChI=1S/C15H13BrO/c1-11-7-13(10-17)5-6-14(11)8-12-3-2-4-15(16)9-12/h2-7,9-10H,8H2,1H3. The smallest absolute Gasteiger partial charge is 0.150 e. The zero-order valence-electron chi connectivity index (χ0n) is 9.61. The van der Waals surface area contributed by atoms with E-state index in [9.17, 15) is 4.79 Å². The van der Waals surface area contributed by atoms with Gasteiger partial charge in [-0.3, -0.25) is 4.79 Å². The lowest BCUT2D eigenvalue weighted by Gasteiger charge is -2.07. The van der Waals surface area contributed by atoms with E-state index >= 15 is 0 Å². The van der Waals surface area contributed by atoms with E-state index in [1.54, 1.807) is 0 Å². The van der Waals surface area contributed by atoms with Crippen LogP contribution in [0.2, 0.25) is 0 Å². The number of rotatable bonds is 3. The van der Waals surface area contributed by atoms with Crippen molar-refractivity contribution in [2.24, 2.45) is 0 Å². The van der Waals surface area contributed by atoms with E-state index in [0.717, 1.165) is 28.3 Å². The monoisotopic (exact) mass is 288 g/mol. The number of carbonyl (C=O) groups is 1. The molecule has 0 aliphatic carbocycles. The molecule has 0 unspecified atom stereocenters. The number of hydrogen-bond acceptors (Lipinski definition) is 1. The van der Waals surface area contributed by atoms with E-state index in [4.69, 9.17) is 0 Å². The Labute approximate surface area is 110 Å². The zero-order chi connectivity index (χ0) is 12.3.